The first kappa shape index (κ1) is 14.5. The summed E-state index contributed by atoms with van der Waals surface area (Å²) in [6, 6.07) is 9.68. The molecule has 0 aliphatic heterocycles. The molecule has 0 amide bonds. The first-order valence-corrected chi connectivity index (χ1v) is 8.24. The van der Waals surface area contributed by atoms with Crippen LogP contribution in [0.2, 0.25) is 0 Å². The summed E-state index contributed by atoms with van der Waals surface area (Å²) in [6.45, 7) is 0.854. The van der Waals surface area contributed by atoms with Gasteiger partial charge in [-0.05, 0) is 45.5 Å². The van der Waals surface area contributed by atoms with Crippen molar-refractivity contribution in [3.63, 3.8) is 0 Å². The van der Waals surface area contributed by atoms with Crippen molar-refractivity contribution in [2.24, 2.45) is 0 Å². The largest absolute Gasteiger partial charge is 0.309 e. The van der Waals surface area contributed by atoms with Gasteiger partial charge in [0.25, 0.3) is 0 Å². The Bertz CT molecular complexity index is 495. The van der Waals surface area contributed by atoms with Crippen molar-refractivity contribution in [3.8, 4) is 0 Å². The van der Waals surface area contributed by atoms with Crippen LogP contribution in [0.3, 0.4) is 0 Å². The third kappa shape index (κ3) is 4.30. The van der Waals surface area contributed by atoms with Crippen LogP contribution in [0.4, 0.5) is 0 Å². The Morgan fingerprint density at radius 3 is 2.42 bits per heavy atom. The summed E-state index contributed by atoms with van der Waals surface area (Å²) in [5.74, 6) is 0. The Hall–Kier alpha value is -0.910. The first-order valence-electron chi connectivity index (χ1n) is 6.70. The predicted molar refractivity (Wildman–Crippen MR) is 77.4 cm³/mol. The fraction of sp³-hybridized carbons (Fsp3) is 0.571. The zero-order valence-corrected chi connectivity index (χ0v) is 12.4. The van der Waals surface area contributed by atoms with Crippen LogP contribution in [0.15, 0.2) is 30.3 Å². The summed E-state index contributed by atoms with van der Waals surface area (Å²) >= 11 is 0. The normalized spacial score (nSPS) is 17.6. The number of nitrogens with one attached hydrogen (secondary N) is 1. The van der Waals surface area contributed by atoms with Gasteiger partial charge in [0.05, 0.1) is 5.25 Å². The monoisotopic (exact) mass is 282 g/mol. The molecule has 4 nitrogen and oxygen atoms in total. The summed E-state index contributed by atoms with van der Waals surface area (Å²) in [5.41, 5.74) is 1.04. The smallest absolute Gasteiger partial charge is 0.215 e. The lowest BCUT2D eigenvalue weighted by atomic mass is 10.0. The van der Waals surface area contributed by atoms with Gasteiger partial charge in [-0.15, -0.1) is 0 Å². The molecule has 0 spiro atoms. The van der Waals surface area contributed by atoms with Gasteiger partial charge < -0.3 is 4.90 Å². The van der Waals surface area contributed by atoms with Gasteiger partial charge in [0, 0.05) is 6.04 Å². The molecule has 1 atom stereocenters. The summed E-state index contributed by atoms with van der Waals surface area (Å²) in [7, 11) is 0.844. The Labute approximate surface area is 115 Å². The molecular formula is C14H22N2O2S. The van der Waals surface area contributed by atoms with E-state index in [1.165, 1.54) is 0 Å². The van der Waals surface area contributed by atoms with Gasteiger partial charge in [-0.2, -0.15) is 0 Å². The Morgan fingerprint density at radius 2 is 1.89 bits per heavy atom. The fourth-order valence-corrected chi connectivity index (χ4v) is 3.64. The van der Waals surface area contributed by atoms with E-state index in [9.17, 15) is 8.42 Å². The van der Waals surface area contributed by atoms with Gasteiger partial charge in [-0.1, -0.05) is 30.3 Å². The van der Waals surface area contributed by atoms with E-state index >= 15 is 0 Å². The predicted octanol–water partition coefficient (Wildman–Crippen LogP) is 1.76. The standard InChI is InChI=1S/C14H22N2O2S/c1-16(2)11-10-14(12-6-4-3-5-7-12)15-19(17,18)13-8-9-13/h3-7,13-15H,8-11H2,1-2H3/t14-/m1/s1. The summed E-state index contributed by atoms with van der Waals surface area (Å²) in [4.78, 5) is 2.07. The molecule has 0 radical (unpaired) electrons. The van der Waals surface area contributed by atoms with E-state index in [-0.39, 0.29) is 11.3 Å². The lowest BCUT2D eigenvalue weighted by Crippen LogP contribution is -2.33. The van der Waals surface area contributed by atoms with Gasteiger partial charge >= 0.3 is 0 Å². The minimum absolute atomic E-state index is 0.130. The maximum absolute atomic E-state index is 12.1. The van der Waals surface area contributed by atoms with E-state index in [1.54, 1.807) is 0 Å². The van der Waals surface area contributed by atoms with Crippen LogP contribution < -0.4 is 4.72 Å². The van der Waals surface area contributed by atoms with Crippen LogP contribution in [0.5, 0.6) is 0 Å². The molecule has 0 bridgehead atoms. The molecule has 0 unspecified atom stereocenters. The highest BCUT2D eigenvalue weighted by Gasteiger charge is 2.37. The Balaban J connectivity index is 2.10. The molecule has 0 aromatic heterocycles. The topological polar surface area (TPSA) is 49.4 Å². The van der Waals surface area contributed by atoms with Crippen LogP contribution in [-0.4, -0.2) is 39.2 Å². The molecule has 1 fully saturated rings. The third-order valence-electron chi connectivity index (χ3n) is 3.34. The maximum Gasteiger partial charge on any atom is 0.215 e. The van der Waals surface area contributed by atoms with Gasteiger partial charge in [-0.3, -0.25) is 0 Å². The van der Waals surface area contributed by atoms with Crippen LogP contribution in [-0.2, 0) is 10.0 Å². The third-order valence-corrected chi connectivity index (χ3v) is 5.30. The highest BCUT2D eigenvalue weighted by Crippen LogP contribution is 2.29. The Morgan fingerprint density at radius 1 is 1.26 bits per heavy atom. The van der Waals surface area contributed by atoms with E-state index in [4.69, 9.17) is 0 Å². The average molecular weight is 282 g/mol. The van der Waals surface area contributed by atoms with Gasteiger partial charge in [-0.25, -0.2) is 13.1 Å². The second kappa shape index (κ2) is 6.03. The van der Waals surface area contributed by atoms with Crippen LogP contribution >= 0.6 is 0 Å². The lowest BCUT2D eigenvalue weighted by Gasteiger charge is -2.21. The van der Waals surface area contributed by atoms with E-state index < -0.39 is 10.0 Å². The Kier molecular flexibility index (Phi) is 4.60. The van der Waals surface area contributed by atoms with E-state index in [2.05, 4.69) is 9.62 Å². The van der Waals surface area contributed by atoms with E-state index in [1.807, 2.05) is 44.4 Å². The minimum atomic E-state index is -3.15. The van der Waals surface area contributed by atoms with E-state index in [0.717, 1.165) is 31.4 Å². The number of sulfonamides is 1. The number of hydrogen-bond acceptors (Lipinski definition) is 3. The van der Waals surface area contributed by atoms with Gasteiger partial charge in [0.15, 0.2) is 0 Å². The van der Waals surface area contributed by atoms with Crippen molar-refractivity contribution in [1.29, 1.82) is 0 Å². The zero-order chi connectivity index (χ0) is 13.9. The SMILES string of the molecule is CN(C)CC[C@@H](NS(=O)(=O)C1CC1)c1ccccc1. The molecule has 106 valence electrons. The lowest BCUT2D eigenvalue weighted by molar-refractivity contribution is 0.375. The summed E-state index contributed by atoms with van der Waals surface area (Å²) in [5, 5.41) is -0.168. The number of rotatable bonds is 7. The zero-order valence-electron chi connectivity index (χ0n) is 11.5. The summed E-state index contributed by atoms with van der Waals surface area (Å²) < 4.78 is 27.1. The van der Waals surface area contributed by atoms with Crippen molar-refractivity contribution >= 4 is 10.0 Å². The maximum atomic E-state index is 12.1. The highest BCUT2D eigenvalue weighted by molar-refractivity contribution is 7.90. The van der Waals surface area contributed by atoms with Crippen LogP contribution in [0.1, 0.15) is 30.9 Å². The average Bonchev–Trinajstić information content (AvgIpc) is 3.20. The molecular weight excluding hydrogens is 260 g/mol. The molecule has 2 rings (SSSR count). The molecule has 19 heavy (non-hydrogen) atoms. The summed E-state index contributed by atoms with van der Waals surface area (Å²) in [6.07, 6.45) is 2.37. The highest BCUT2D eigenvalue weighted by atomic mass is 32.2. The van der Waals surface area contributed by atoms with Crippen molar-refractivity contribution in [2.75, 3.05) is 20.6 Å². The molecule has 1 saturated carbocycles. The molecule has 0 heterocycles. The van der Waals surface area contributed by atoms with Crippen LogP contribution in [0, 0.1) is 0 Å². The first-order chi connectivity index (χ1) is 8.99. The number of benzene rings is 1. The fourth-order valence-electron chi connectivity index (χ4n) is 2.04. The van der Waals surface area contributed by atoms with Crippen molar-refractivity contribution in [2.45, 2.75) is 30.6 Å². The number of hydrogen-bond donors (Lipinski definition) is 1. The molecule has 1 N–H and O–H groups in total. The van der Waals surface area contributed by atoms with Crippen molar-refractivity contribution < 1.29 is 8.42 Å². The van der Waals surface area contributed by atoms with Gasteiger partial charge in [0.2, 0.25) is 10.0 Å². The molecule has 1 aromatic carbocycles. The molecule has 1 aliphatic rings. The minimum Gasteiger partial charge on any atom is -0.309 e. The molecule has 5 heteroatoms. The van der Waals surface area contributed by atoms with Crippen LogP contribution in [0.25, 0.3) is 0 Å². The van der Waals surface area contributed by atoms with E-state index in [0.29, 0.717) is 0 Å². The molecule has 0 saturated heterocycles. The van der Waals surface area contributed by atoms with Gasteiger partial charge in [0.1, 0.15) is 0 Å². The second-order valence-electron chi connectivity index (χ2n) is 5.42. The molecule has 1 aliphatic carbocycles. The molecule has 1 aromatic rings. The van der Waals surface area contributed by atoms with Crippen molar-refractivity contribution in [1.82, 2.24) is 9.62 Å². The second-order valence-corrected chi connectivity index (χ2v) is 7.41. The number of nitrogens with zero attached hydrogens (tertiary/aromatic N) is 1. The van der Waals surface area contributed by atoms with Crippen molar-refractivity contribution in [3.05, 3.63) is 35.9 Å². The quantitative estimate of drug-likeness (QED) is 0.829.